The molecule has 10 aromatic rings. The van der Waals surface area contributed by atoms with E-state index in [1.54, 1.807) is 0 Å². The molecule has 2 aliphatic rings. The molecular weight excluding hydrogens is 829 g/mol. The first-order valence-corrected chi connectivity index (χ1v) is 22.9. The zero-order valence-corrected chi connectivity index (χ0v) is 36.8. The van der Waals surface area contributed by atoms with Crippen LogP contribution >= 0.6 is 11.9 Å². The maximum Gasteiger partial charge on any atom is 0.226 e. The van der Waals surface area contributed by atoms with Crippen LogP contribution in [0, 0.1) is 0 Å². The minimum atomic E-state index is 0.0718. The number of aromatic nitrogens is 2. The summed E-state index contributed by atoms with van der Waals surface area (Å²) in [6.45, 7) is 2.28. The molecule has 8 aromatic carbocycles. The van der Waals surface area contributed by atoms with Crippen LogP contribution in [0.2, 0.25) is 0 Å². The molecule has 0 spiro atoms. The molecule has 0 saturated heterocycles. The number of amidine groups is 2. The fraction of sp³-hybridized carbons (Fsp3) is 0.0517. The fourth-order valence-corrected chi connectivity index (χ4v) is 10.2. The Morgan fingerprint density at radius 3 is 2.00 bits per heavy atom. The van der Waals surface area contributed by atoms with Crippen molar-refractivity contribution in [3.63, 3.8) is 0 Å². The number of nitrogens with zero attached hydrogens (tertiary/aromatic N) is 5. The minimum absolute atomic E-state index is 0.0718. The van der Waals surface area contributed by atoms with Crippen LogP contribution in [0.25, 0.3) is 56.2 Å². The van der Waals surface area contributed by atoms with Crippen LogP contribution < -0.4 is 10.6 Å². The molecule has 7 nitrogen and oxygen atoms in total. The average molecular weight is 871 g/mol. The summed E-state index contributed by atoms with van der Waals surface area (Å²) in [7, 11) is 0. The molecule has 2 aromatic heterocycles. The molecule has 1 aliphatic carbocycles. The van der Waals surface area contributed by atoms with Gasteiger partial charge >= 0.3 is 0 Å². The predicted octanol–water partition coefficient (Wildman–Crippen LogP) is 14.4. The third-order valence-corrected chi connectivity index (χ3v) is 13.5. The maximum absolute atomic E-state index is 6.59. The van der Waals surface area contributed by atoms with Gasteiger partial charge in [0.1, 0.15) is 17.3 Å². The molecule has 2 N–H and O–H groups in total. The number of oxazole rings is 1. The summed E-state index contributed by atoms with van der Waals surface area (Å²) >= 11 is 1.39. The second-order valence-electron chi connectivity index (χ2n) is 16.7. The summed E-state index contributed by atoms with van der Waals surface area (Å²) in [5.41, 5.74) is 20.6. The van der Waals surface area contributed by atoms with Gasteiger partial charge in [-0.05, 0) is 102 Å². The molecule has 0 fully saturated rings. The third kappa shape index (κ3) is 6.90. The van der Waals surface area contributed by atoms with Gasteiger partial charge < -0.3 is 19.6 Å². The van der Waals surface area contributed by atoms with E-state index in [4.69, 9.17) is 24.5 Å². The molecular formula is C58H42N6OS. The van der Waals surface area contributed by atoms with Crippen LogP contribution in [0.5, 0.6) is 0 Å². The Kier molecular flexibility index (Phi) is 9.80. The van der Waals surface area contributed by atoms with Crippen LogP contribution in [-0.4, -0.2) is 21.2 Å². The van der Waals surface area contributed by atoms with E-state index in [2.05, 4.69) is 150 Å². The molecule has 8 heteroatoms. The summed E-state index contributed by atoms with van der Waals surface area (Å²) in [6.07, 6.45) is 2.24. The summed E-state index contributed by atoms with van der Waals surface area (Å²) in [4.78, 5) is 13.2. The van der Waals surface area contributed by atoms with E-state index in [0.717, 1.165) is 55.4 Å². The molecule has 66 heavy (non-hydrogen) atoms. The van der Waals surface area contributed by atoms with Crippen molar-refractivity contribution in [1.29, 1.82) is 0 Å². The highest BCUT2D eigenvalue weighted by molar-refractivity contribution is 7.98. The lowest BCUT2D eigenvalue weighted by molar-refractivity contribution is 0.458. The van der Waals surface area contributed by atoms with Gasteiger partial charge in [0.15, 0.2) is 5.84 Å². The molecule has 0 amide bonds. The molecule has 2 unspecified atom stereocenters. The quantitative estimate of drug-likeness (QED) is 0.0934. The molecule has 12 rings (SSSR count). The molecule has 1 aliphatic heterocycles. The number of allylic oxidation sites excluding steroid dienone is 1. The molecule has 0 radical (unpaired) electrons. The van der Waals surface area contributed by atoms with Crippen LogP contribution in [-0.2, 0) is 0 Å². The van der Waals surface area contributed by atoms with Gasteiger partial charge in [-0.1, -0.05) is 134 Å². The fourth-order valence-electron chi connectivity index (χ4n) is 9.63. The molecule has 0 saturated carbocycles. The molecule has 2 atom stereocenters. The topological polar surface area (TPSA) is 84.9 Å². The van der Waals surface area contributed by atoms with E-state index in [0.29, 0.717) is 17.6 Å². The van der Waals surface area contributed by atoms with Gasteiger partial charge in [-0.25, -0.2) is 9.98 Å². The van der Waals surface area contributed by atoms with Gasteiger partial charge in [0.25, 0.3) is 0 Å². The maximum atomic E-state index is 6.59. The molecule has 3 heterocycles. The summed E-state index contributed by atoms with van der Waals surface area (Å²) < 4.78 is 13.8. The monoisotopic (exact) mass is 870 g/mol. The molecule has 316 valence electrons. The number of anilines is 2. The van der Waals surface area contributed by atoms with Crippen molar-refractivity contribution < 1.29 is 4.42 Å². The minimum Gasteiger partial charge on any atom is -0.440 e. The Hall–Kier alpha value is -8.20. The largest absolute Gasteiger partial charge is 0.440 e. The highest BCUT2D eigenvalue weighted by Gasteiger charge is 2.43. The van der Waals surface area contributed by atoms with E-state index < -0.39 is 0 Å². The average Bonchev–Trinajstić information content (AvgIpc) is 4.07. The summed E-state index contributed by atoms with van der Waals surface area (Å²) in [5, 5.41) is 2.40. The number of aliphatic imine (C=N–C) groups is 1. The Bertz CT molecular complexity index is 3520. The van der Waals surface area contributed by atoms with Crippen molar-refractivity contribution in [2.24, 2.45) is 15.1 Å². The summed E-state index contributed by atoms with van der Waals surface area (Å²) in [6, 6.07) is 71.6. The first-order valence-electron chi connectivity index (χ1n) is 22.2. The first kappa shape index (κ1) is 39.4. The van der Waals surface area contributed by atoms with Crippen LogP contribution in [0.1, 0.15) is 46.9 Å². The number of para-hydroxylation sites is 2. The number of fused-ring (bicyclic) bond motifs is 7. The van der Waals surface area contributed by atoms with E-state index in [-0.39, 0.29) is 11.8 Å². The van der Waals surface area contributed by atoms with Gasteiger partial charge in [-0.15, -0.1) is 0 Å². The predicted molar refractivity (Wildman–Crippen MR) is 272 cm³/mol. The Balaban J connectivity index is 0.890. The highest BCUT2D eigenvalue weighted by atomic mass is 32.2. The van der Waals surface area contributed by atoms with E-state index in [9.17, 15) is 0 Å². The lowest BCUT2D eigenvalue weighted by Crippen LogP contribution is -2.19. The number of rotatable bonds is 8. The second-order valence-corrected chi connectivity index (χ2v) is 17.6. The van der Waals surface area contributed by atoms with E-state index in [1.807, 2.05) is 78.9 Å². The Morgan fingerprint density at radius 1 is 0.606 bits per heavy atom. The smallest absolute Gasteiger partial charge is 0.226 e. The van der Waals surface area contributed by atoms with E-state index >= 15 is 0 Å². The van der Waals surface area contributed by atoms with Crippen LogP contribution in [0.3, 0.4) is 0 Å². The highest BCUT2D eigenvalue weighted by Crippen LogP contribution is 2.57. The Labute approximate surface area is 387 Å². The lowest BCUT2D eigenvalue weighted by Gasteiger charge is -2.28. The zero-order valence-electron chi connectivity index (χ0n) is 36.0. The zero-order chi connectivity index (χ0) is 44.1. The summed E-state index contributed by atoms with van der Waals surface area (Å²) in [5.74, 6) is 2.73. The van der Waals surface area contributed by atoms with Gasteiger partial charge in [-0.2, -0.15) is 4.40 Å². The van der Waals surface area contributed by atoms with Crippen LogP contribution in [0.4, 0.5) is 11.4 Å². The SMILES string of the molecule is CC1c2oc(-c3ccccc3)nc2C=C2C1c1cc(-c3ccc4c(c3)c3ccccc3n4-c3ccc(S/N=C(\N=C(N)c4ccccc4)c4ccccc4)cc3)ccc1N2c1ccccc1. The van der Waals surface area contributed by atoms with Gasteiger partial charge in [0.05, 0.1) is 11.0 Å². The number of benzene rings is 8. The Morgan fingerprint density at radius 2 is 1.24 bits per heavy atom. The molecule has 0 bridgehead atoms. The van der Waals surface area contributed by atoms with Crippen molar-refractivity contribution in [1.82, 2.24) is 9.55 Å². The number of hydrogen-bond acceptors (Lipinski definition) is 5. The van der Waals surface area contributed by atoms with Crippen molar-refractivity contribution in [3.05, 3.63) is 240 Å². The van der Waals surface area contributed by atoms with Gasteiger partial charge in [0.2, 0.25) is 5.89 Å². The first-order chi connectivity index (χ1) is 32.6. The third-order valence-electron chi connectivity index (χ3n) is 12.8. The van der Waals surface area contributed by atoms with Crippen molar-refractivity contribution in [3.8, 4) is 28.3 Å². The van der Waals surface area contributed by atoms with Crippen LogP contribution in [0.15, 0.2) is 231 Å². The van der Waals surface area contributed by atoms with Gasteiger partial charge in [0, 0.05) is 78.9 Å². The van der Waals surface area contributed by atoms with Gasteiger partial charge in [-0.3, -0.25) is 0 Å². The number of hydrogen-bond donors (Lipinski definition) is 1. The second kappa shape index (κ2) is 16.4. The van der Waals surface area contributed by atoms with E-state index in [1.165, 1.54) is 50.8 Å². The normalized spacial score (nSPS) is 15.7. The van der Waals surface area contributed by atoms with Crippen molar-refractivity contribution in [2.75, 3.05) is 4.90 Å². The number of nitrogens with two attached hydrogens (primary N) is 1. The lowest BCUT2D eigenvalue weighted by atomic mass is 9.80. The van der Waals surface area contributed by atoms with Crippen molar-refractivity contribution >= 4 is 62.9 Å². The van der Waals surface area contributed by atoms with Crippen molar-refractivity contribution in [2.45, 2.75) is 23.7 Å². The standard InChI is InChI=1S/C58H42N6OS/c1-37-54-48-35-42(27-33-52(48)64(43-22-12-5-13-23-43)53(54)36-49-55(37)65-58(60-49)40-20-10-4-11-21-40)41-26-32-51-47(34-41)46-24-14-15-25-50(46)63(51)44-28-30-45(31-29-44)66-62-57(39-18-8-3-9-19-39)61-56(59)38-16-6-2-7-17-38/h2-37,54H,1H3,(H2,59,61,62).